The molecule has 0 saturated heterocycles. The van der Waals surface area contributed by atoms with E-state index in [0.29, 0.717) is 18.1 Å². The Kier molecular flexibility index (Phi) is 5.04. The van der Waals surface area contributed by atoms with Gasteiger partial charge in [-0.1, -0.05) is 34.6 Å². The van der Waals surface area contributed by atoms with Crippen LogP contribution in [0, 0.1) is 0 Å². The molecule has 0 radical (unpaired) electrons. The van der Waals surface area contributed by atoms with Crippen molar-refractivity contribution in [1.82, 2.24) is 15.3 Å². The minimum Gasteiger partial charge on any atom is -0.351 e. The minimum absolute atomic E-state index is 0.00158. The van der Waals surface area contributed by atoms with Gasteiger partial charge in [0.05, 0.1) is 22.5 Å². The highest BCUT2D eigenvalue weighted by molar-refractivity contribution is 9.11. The smallest absolute Gasteiger partial charge is 0.230 e. The molecule has 2 rings (SSSR count). The number of nitrogens with one attached hydrogen (secondary N) is 2. The first-order chi connectivity index (χ1) is 9.15. The van der Waals surface area contributed by atoms with Crippen molar-refractivity contribution in [3.63, 3.8) is 0 Å². The van der Waals surface area contributed by atoms with Gasteiger partial charge in [-0.2, -0.15) is 0 Å². The molecule has 0 aliphatic carbocycles. The summed E-state index contributed by atoms with van der Waals surface area (Å²) in [5, 5.41) is 2.76. The number of hydrogen-bond donors (Lipinski definition) is 2. The Morgan fingerprint density at radius 1 is 1.47 bits per heavy atom. The van der Waals surface area contributed by atoms with Gasteiger partial charge < -0.3 is 10.3 Å². The van der Waals surface area contributed by atoms with E-state index < -0.39 is 0 Å². The zero-order chi connectivity index (χ0) is 13.7. The van der Waals surface area contributed by atoms with Gasteiger partial charge in [-0.05, 0) is 12.1 Å². The van der Waals surface area contributed by atoms with E-state index in [1.807, 2.05) is 24.3 Å². The molecule has 0 bridgehead atoms. The Hall–Kier alpha value is -1.27. The van der Waals surface area contributed by atoms with E-state index in [4.69, 9.17) is 0 Å². The van der Waals surface area contributed by atoms with Crippen molar-refractivity contribution in [2.45, 2.75) is 5.75 Å². The van der Waals surface area contributed by atoms with Crippen LogP contribution in [0.25, 0.3) is 11.0 Å². The number of nitrogens with zero attached hydrogens (tertiary/aromatic N) is 1. The van der Waals surface area contributed by atoms with Crippen LogP contribution in [0.1, 0.15) is 5.82 Å². The van der Waals surface area contributed by atoms with E-state index in [-0.39, 0.29) is 5.91 Å². The average molecular weight is 340 g/mol. The van der Waals surface area contributed by atoms with E-state index in [9.17, 15) is 4.79 Å². The number of halogens is 1. The van der Waals surface area contributed by atoms with Gasteiger partial charge in [0.15, 0.2) is 0 Å². The summed E-state index contributed by atoms with van der Waals surface area (Å²) in [6.07, 6.45) is 0. The van der Waals surface area contributed by atoms with Crippen molar-refractivity contribution in [2.75, 3.05) is 12.3 Å². The number of aromatic amines is 1. The Morgan fingerprint density at radius 3 is 3.00 bits per heavy atom. The van der Waals surface area contributed by atoms with Crippen molar-refractivity contribution in [3.8, 4) is 0 Å². The number of H-pyrrole nitrogens is 1. The third-order valence-corrected chi connectivity index (χ3v) is 3.61. The number of carbonyl (C=O) groups is 1. The van der Waals surface area contributed by atoms with Gasteiger partial charge in [0.25, 0.3) is 0 Å². The second-order valence-electron chi connectivity index (χ2n) is 3.99. The number of hydrogen-bond acceptors (Lipinski definition) is 3. The van der Waals surface area contributed by atoms with E-state index in [2.05, 4.69) is 37.8 Å². The lowest BCUT2D eigenvalue weighted by atomic mass is 10.3. The maximum Gasteiger partial charge on any atom is 0.230 e. The Labute approximate surface area is 124 Å². The Bertz CT molecular complexity index is 563. The predicted molar refractivity (Wildman–Crippen MR) is 83.3 cm³/mol. The van der Waals surface area contributed by atoms with Crippen LogP contribution in [0.2, 0.25) is 0 Å². The molecule has 0 saturated carbocycles. The monoisotopic (exact) mass is 339 g/mol. The molecule has 19 heavy (non-hydrogen) atoms. The summed E-state index contributed by atoms with van der Waals surface area (Å²) in [4.78, 5) is 19.2. The number of carbonyl (C=O) groups excluding carboxylic acids is 1. The van der Waals surface area contributed by atoms with Gasteiger partial charge in [0.2, 0.25) is 5.91 Å². The summed E-state index contributed by atoms with van der Waals surface area (Å²) < 4.78 is 0.767. The third-order valence-electron chi connectivity index (χ3n) is 2.39. The van der Waals surface area contributed by atoms with Crippen LogP contribution < -0.4 is 5.32 Å². The fourth-order valence-electron chi connectivity index (χ4n) is 1.56. The van der Waals surface area contributed by atoms with Crippen LogP contribution in [-0.4, -0.2) is 28.2 Å². The van der Waals surface area contributed by atoms with Crippen LogP contribution in [0.15, 0.2) is 35.3 Å². The average Bonchev–Trinajstić information content (AvgIpc) is 2.79. The van der Waals surface area contributed by atoms with Crippen LogP contribution in [0.5, 0.6) is 0 Å². The van der Waals surface area contributed by atoms with Crippen molar-refractivity contribution < 1.29 is 4.79 Å². The first-order valence-corrected chi connectivity index (χ1v) is 7.71. The quantitative estimate of drug-likeness (QED) is 0.850. The van der Waals surface area contributed by atoms with Gasteiger partial charge in [0.1, 0.15) is 5.82 Å². The molecule has 0 aliphatic rings. The summed E-state index contributed by atoms with van der Waals surface area (Å²) >= 11 is 4.73. The van der Waals surface area contributed by atoms with Gasteiger partial charge in [0, 0.05) is 11.0 Å². The number of amides is 1. The fourth-order valence-corrected chi connectivity index (χ4v) is 2.42. The summed E-state index contributed by atoms with van der Waals surface area (Å²) in [5.74, 6) is 2.00. The molecule has 0 atom stereocenters. The second-order valence-corrected chi connectivity index (χ2v) is 6.09. The number of benzene rings is 1. The molecule has 4 nitrogen and oxygen atoms in total. The fraction of sp³-hybridized carbons (Fsp3) is 0.231. The molecular weight excluding hydrogens is 326 g/mol. The molecule has 0 unspecified atom stereocenters. The first kappa shape index (κ1) is 14.1. The topological polar surface area (TPSA) is 57.8 Å². The maximum atomic E-state index is 11.5. The number of imidazole rings is 1. The predicted octanol–water partition coefficient (Wildman–Crippen LogP) is 2.82. The Morgan fingerprint density at radius 2 is 2.26 bits per heavy atom. The van der Waals surface area contributed by atoms with Gasteiger partial charge in [-0.25, -0.2) is 4.98 Å². The highest BCUT2D eigenvalue weighted by Crippen LogP contribution is 2.14. The molecule has 100 valence electrons. The Balaban J connectivity index is 1.79. The van der Waals surface area contributed by atoms with Crippen molar-refractivity contribution in [3.05, 3.63) is 41.2 Å². The van der Waals surface area contributed by atoms with E-state index >= 15 is 0 Å². The number of para-hydroxylation sites is 2. The summed E-state index contributed by atoms with van der Waals surface area (Å²) in [6.45, 7) is 4.12. The second kappa shape index (κ2) is 6.77. The first-order valence-electron chi connectivity index (χ1n) is 5.76. The normalized spacial score (nSPS) is 10.6. The van der Waals surface area contributed by atoms with Gasteiger partial charge in [-0.3, -0.25) is 4.79 Å². The molecule has 0 aliphatic heterocycles. The van der Waals surface area contributed by atoms with Crippen molar-refractivity contribution >= 4 is 44.6 Å². The van der Waals surface area contributed by atoms with E-state index in [1.54, 1.807) is 0 Å². The number of rotatable bonds is 6. The maximum absolute atomic E-state index is 11.5. The van der Waals surface area contributed by atoms with E-state index in [0.717, 1.165) is 21.3 Å². The zero-order valence-electron chi connectivity index (χ0n) is 10.3. The SMILES string of the molecule is C=C(Br)CNC(=O)CSCc1nc2ccccc2[nH]1. The molecular formula is C13H14BrN3OS. The number of fused-ring (bicyclic) bond motifs is 1. The summed E-state index contributed by atoms with van der Waals surface area (Å²) in [5.41, 5.74) is 1.98. The van der Waals surface area contributed by atoms with Gasteiger partial charge in [-0.15, -0.1) is 11.8 Å². The molecule has 1 aromatic carbocycles. The highest BCUT2D eigenvalue weighted by atomic mass is 79.9. The molecule has 1 heterocycles. The van der Waals surface area contributed by atoms with Crippen LogP contribution >= 0.6 is 27.7 Å². The molecule has 2 N–H and O–H groups in total. The minimum atomic E-state index is 0.00158. The molecule has 0 fully saturated rings. The molecule has 1 aromatic heterocycles. The number of thioether (sulfide) groups is 1. The lowest BCUT2D eigenvalue weighted by molar-refractivity contribution is -0.118. The number of aromatic nitrogens is 2. The van der Waals surface area contributed by atoms with Crippen molar-refractivity contribution in [2.24, 2.45) is 0 Å². The van der Waals surface area contributed by atoms with E-state index in [1.165, 1.54) is 11.8 Å². The molecule has 1 amide bonds. The molecule has 0 spiro atoms. The summed E-state index contributed by atoms with van der Waals surface area (Å²) in [7, 11) is 0. The standard InChI is InChI=1S/C13H14BrN3OS/c1-9(14)6-15-13(18)8-19-7-12-16-10-4-2-3-5-11(10)17-12/h2-5H,1,6-8H2,(H,15,18)(H,16,17). The van der Waals surface area contributed by atoms with Crippen LogP contribution in [0.3, 0.4) is 0 Å². The molecule has 6 heteroatoms. The molecule has 2 aromatic rings. The van der Waals surface area contributed by atoms with Gasteiger partial charge >= 0.3 is 0 Å². The van der Waals surface area contributed by atoms with Crippen molar-refractivity contribution in [1.29, 1.82) is 0 Å². The van der Waals surface area contributed by atoms with Crippen LogP contribution in [0.4, 0.5) is 0 Å². The largest absolute Gasteiger partial charge is 0.351 e. The zero-order valence-corrected chi connectivity index (χ0v) is 12.7. The van der Waals surface area contributed by atoms with Crippen LogP contribution in [-0.2, 0) is 10.5 Å². The highest BCUT2D eigenvalue weighted by Gasteiger charge is 2.05. The summed E-state index contributed by atoms with van der Waals surface area (Å²) in [6, 6.07) is 7.89. The lowest BCUT2D eigenvalue weighted by Crippen LogP contribution is -2.26. The lowest BCUT2D eigenvalue weighted by Gasteiger charge is -2.02. The third kappa shape index (κ3) is 4.40.